The number of alkyl halides is 1. The minimum Gasteiger partial charge on any atom is -0.376 e. The topological polar surface area (TPSA) is 47.0 Å². The van der Waals surface area contributed by atoms with Gasteiger partial charge in [-0.05, 0) is 18.2 Å². The van der Waals surface area contributed by atoms with Gasteiger partial charge in [0.05, 0.1) is 24.8 Å². The average Bonchev–Trinajstić information content (AvgIpc) is 2.76. The highest BCUT2D eigenvalue weighted by atomic mass is 35.5. The molecule has 2 heterocycles. The summed E-state index contributed by atoms with van der Waals surface area (Å²) < 4.78 is 18.6. The van der Waals surface area contributed by atoms with E-state index in [9.17, 15) is 4.39 Å². The zero-order valence-corrected chi connectivity index (χ0v) is 10.2. The molecule has 18 heavy (non-hydrogen) atoms. The van der Waals surface area contributed by atoms with Gasteiger partial charge in [-0.1, -0.05) is 11.6 Å². The van der Waals surface area contributed by atoms with Gasteiger partial charge in [-0.3, -0.25) is 0 Å². The third-order valence-corrected chi connectivity index (χ3v) is 3.17. The zero-order chi connectivity index (χ0) is 12.5. The quantitative estimate of drug-likeness (QED) is 0.908. The Morgan fingerprint density at radius 2 is 2.22 bits per heavy atom. The normalized spacial score (nSPS) is 23.4. The second-order valence-electron chi connectivity index (χ2n) is 4.19. The highest BCUT2D eigenvalue weighted by Crippen LogP contribution is 2.25. The second kappa shape index (κ2) is 4.66. The molecule has 1 aliphatic rings. The molecule has 1 aromatic heterocycles. The van der Waals surface area contributed by atoms with Crippen molar-refractivity contribution in [3.05, 3.63) is 29.5 Å². The highest BCUT2D eigenvalue weighted by Gasteiger charge is 2.28. The minimum atomic E-state index is -1.02. The molecule has 0 radical (unpaired) electrons. The lowest BCUT2D eigenvalue weighted by atomic mass is 10.2. The molecule has 0 saturated carbocycles. The lowest BCUT2D eigenvalue weighted by molar-refractivity contribution is 0.173. The van der Waals surface area contributed by atoms with E-state index in [0.29, 0.717) is 17.4 Å². The summed E-state index contributed by atoms with van der Waals surface area (Å²) >= 11 is 5.95. The molecule has 0 spiro atoms. The van der Waals surface area contributed by atoms with Crippen molar-refractivity contribution in [3.63, 3.8) is 0 Å². The van der Waals surface area contributed by atoms with Crippen molar-refractivity contribution < 1.29 is 9.13 Å². The molecule has 0 aliphatic carbocycles. The maximum absolute atomic E-state index is 13.5. The average molecular weight is 268 g/mol. The van der Waals surface area contributed by atoms with Gasteiger partial charge in [0, 0.05) is 10.4 Å². The number of hydrogen-bond acceptors (Lipinski definition) is 4. The Morgan fingerprint density at radius 1 is 1.33 bits per heavy atom. The number of fused-ring (bicyclic) bond motifs is 1. The first-order chi connectivity index (χ1) is 8.74. The Morgan fingerprint density at radius 3 is 3.00 bits per heavy atom. The van der Waals surface area contributed by atoms with Crippen LogP contribution in [0.25, 0.3) is 10.9 Å². The van der Waals surface area contributed by atoms with E-state index >= 15 is 0 Å². The van der Waals surface area contributed by atoms with Crippen LogP contribution < -0.4 is 5.32 Å². The van der Waals surface area contributed by atoms with Crippen LogP contribution in [0.15, 0.2) is 24.5 Å². The van der Waals surface area contributed by atoms with Crippen LogP contribution in [0.1, 0.15) is 0 Å². The van der Waals surface area contributed by atoms with Gasteiger partial charge in [0.1, 0.15) is 18.3 Å². The molecule has 94 valence electrons. The molecule has 3 rings (SSSR count). The van der Waals surface area contributed by atoms with Crippen LogP contribution in [0.4, 0.5) is 10.2 Å². The first-order valence-electron chi connectivity index (χ1n) is 5.62. The molecule has 1 aliphatic heterocycles. The standard InChI is InChI=1S/C12H11ClFN3O/c13-7-1-2-10-8(3-7)12(16-6-15-10)17-11-5-18-4-9(11)14/h1-3,6,9,11H,4-5H2,(H,15,16,17)/t9-,11-/m1/s1. The van der Waals surface area contributed by atoms with E-state index in [1.165, 1.54) is 6.33 Å². The number of ether oxygens (including phenoxy) is 1. The molecule has 6 heteroatoms. The van der Waals surface area contributed by atoms with Crippen LogP contribution in [0, 0.1) is 0 Å². The van der Waals surface area contributed by atoms with Crippen molar-refractivity contribution in [2.45, 2.75) is 12.2 Å². The number of aromatic nitrogens is 2. The zero-order valence-electron chi connectivity index (χ0n) is 9.44. The Kier molecular flexibility index (Phi) is 3.01. The summed E-state index contributed by atoms with van der Waals surface area (Å²) in [7, 11) is 0. The summed E-state index contributed by atoms with van der Waals surface area (Å²) in [6.45, 7) is 0.467. The summed E-state index contributed by atoms with van der Waals surface area (Å²) in [6, 6.07) is 4.96. The van der Waals surface area contributed by atoms with Gasteiger partial charge < -0.3 is 10.1 Å². The lowest BCUT2D eigenvalue weighted by Gasteiger charge is -2.15. The number of nitrogens with zero attached hydrogens (tertiary/aromatic N) is 2. The fraction of sp³-hybridized carbons (Fsp3) is 0.333. The third-order valence-electron chi connectivity index (χ3n) is 2.93. The Bertz CT molecular complexity index is 580. The van der Waals surface area contributed by atoms with E-state index in [-0.39, 0.29) is 12.6 Å². The van der Waals surface area contributed by atoms with Gasteiger partial charge in [0.2, 0.25) is 0 Å². The fourth-order valence-electron chi connectivity index (χ4n) is 1.98. The van der Waals surface area contributed by atoms with E-state index in [2.05, 4.69) is 15.3 Å². The van der Waals surface area contributed by atoms with Crippen molar-refractivity contribution in [3.8, 4) is 0 Å². The molecule has 4 nitrogen and oxygen atoms in total. The highest BCUT2D eigenvalue weighted by molar-refractivity contribution is 6.31. The number of benzene rings is 1. The van der Waals surface area contributed by atoms with Crippen molar-refractivity contribution in [1.29, 1.82) is 0 Å². The molecule has 2 aromatic rings. The number of hydrogen-bond donors (Lipinski definition) is 1. The predicted molar refractivity (Wildman–Crippen MR) is 67.7 cm³/mol. The molecular formula is C12H11ClFN3O. The monoisotopic (exact) mass is 267 g/mol. The van der Waals surface area contributed by atoms with E-state index < -0.39 is 6.17 Å². The summed E-state index contributed by atoms with van der Waals surface area (Å²) in [5.41, 5.74) is 0.770. The maximum atomic E-state index is 13.5. The molecule has 1 fully saturated rings. The van der Waals surface area contributed by atoms with Gasteiger partial charge in [0.15, 0.2) is 0 Å². The first-order valence-corrected chi connectivity index (χ1v) is 6.00. The SMILES string of the molecule is F[C@@H]1COC[C@H]1Nc1ncnc2ccc(Cl)cc12. The van der Waals surface area contributed by atoms with Crippen LogP contribution in [-0.4, -0.2) is 35.4 Å². The van der Waals surface area contributed by atoms with E-state index in [4.69, 9.17) is 16.3 Å². The lowest BCUT2D eigenvalue weighted by Crippen LogP contribution is -2.29. The fourth-order valence-corrected chi connectivity index (χ4v) is 2.15. The number of halogens is 2. The second-order valence-corrected chi connectivity index (χ2v) is 4.62. The Hall–Kier alpha value is -1.46. The Balaban J connectivity index is 1.98. The van der Waals surface area contributed by atoms with Crippen LogP contribution in [0.2, 0.25) is 5.02 Å². The van der Waals surface area contributed by atoms with E-state index in [0.717, 1.165) is 10.9 Å². The summed E-state index contributed by atoms with van der Waals surface area (Å²) in [6.07, 6.45) is 0.427. The molecular weight excluding hydrogens is 257 g/mol. The van der Waals surface area contributed by atoms with Gasteiger partial charge in [-0.15, -0.1) is 0 Å². The van der Waals surface area contributed by atoms with Crippen molar-refractivity contribution in [2.24, 2.45) is 0 Å². The summed E-state index contributed by atoms with van der Waals surface area (Å²) in [5, 5.41) is 4.43. The van der Waals surface area contributed by atoms with Gasteiger partial charge in [-0.2, -0.15) is 0 Å². The molecule has 0 bridgehead atoms. The first kappa shape index (κ1) is 11.6. The molecule has 1 saturated heterocycles. The Labute approximate surface area is 108 Å². The number of anilines is 1. The molecule has 1 aromatic carbocycles. The van der Waals surface area contributed by atoms with Crippen LogP contribution in [0.5, 0.6) is 0 Å². The van der Waals surface area contributed by atoms with Crippen molar-refractivity contribution >= 4 is 28.3 Å². The molecule has 1 N–H and O–H groups in total. The van der Waals surface area contributed by atoms with Gasteiger partial charge >= 0.3 is 0 Å². The van der Waals surface area contributed by atoms with Crippen LogP contribution >= 0.6 is 11.6 Å². The number of rotatable bonds is 2. The molecule has 0 unspecified atom stereocenters. The maximum Gasteiger partial charge on any atom is 0.146 e. The van der Waals surface area contributed by atoms with Gasteiger partial charge in [0.25, 0.3) is 0 Å². The van der Waals surface area contributed by atoms with Crippen molar-refractivity contribution in [1.82, 2.24) is 9.97 Å². The smallest absolute Gasteiger partial charge is 0.146 e. The van der Waals surface area contributed by atoms with E-state index in [1.807, 2.05) is 6.07 Å². The summed E-state index contributed by atoms with van der Waals surface area (Å²) in [4.78, 5) is 8.28. The molecule has 0 amide bonds. The molecule has 2 atom stereocenters. The minimum absolute atomic E-state index is 0.126. The van der Waals surface area contributed by atoms with Gasteiger partial charge in [-0.25, -0.2) is 14.4 Å². The largest absolute Gasteiger partial charge is 0.376 e. The number of nitrogens with one attached hydrogen (secondary N) is 1. The van der Waals surface area contributed by atoms with Crippen LogP contribution in [-0.2, 0) is 4.74 Å². The van der Waals surface area contributed by atoms with Crippen LogP contribution in [0.3, 0.4) is 0 Å². The van der Waals surface area contributed by atoms with Crippen molar-refractivity contribution in [2.75, 3.05) is 18.5 Å². The summed E-state index contributed by atoms with van der Waals surface area (Å²) in [5.74, 6) is 0.584. The third kappa shape index (κ3) is 2.11. The van der Waals surface area contributed by atoms with E-state index in [1.54, 1.807) is 12.1 Å². The predicted octanol–water partition coefficient (Wildman–Crippen LogP) is 2.43.